The van der Waals surface area contributed by atoms with Crippen molar-refractivity contribution in [1.82, 2.24) is 10.2 Å². The molecule has 5 nitrogen and oxygen atoms in total. The van der Waals surface area contributed by atoms with Crippen molar-refractivity contribution in [2.24, 2.45) is 11.7 Å². The molecular weight excluding hydrogens is 242 g/mol. The maximum absolute atomic E-state index is 12.1. The standard InChI is InChI=1S/C14H25N3O2/c1-10(2)7-11(9-17(3)4)16-14(18)13-6-5-12(8-15)19-13/h5-6,10-11H,7-9,15H2,1-4H3,(H,16,18). The highest BCUT2D eigenvalue weighted by Crippen LogP contribution is 2.10. The van der Waals surface area contributed by atoms with Gasteiger partial charge in [-0.15, -0.1) is 0 Å². The molecule has 0 spiro atoms. The molecular formula is C14H25N3O2. The van der Waals surface area contributed by atoms with Crippen molar-refractivity contribution in [3.8, 4) is 0 Å². The number of carbonyl (C=O) groups excluding carboxylic acids is 1. The fourth-order valence-electron chi connectivity index (χ4n) is 2.06. The molecule has 1 rings (SSSR count). The summed E-state index contributed by atoms with van der Waals surface area (Å²) in [5, 5.41) is 3.02. The number of nitrogens with one attached hydrogen (secondary N) is 1. The first kappa shape index (κ1) is 15.7. The van der Waals surface area contributed by atoms with Crippen LogP contribution in [0.5, 0.6) is 0 Å². The van der Waals surface area contributed by atoms with Gasteiger partial charge in [0, 0.05) is 12.6 Å². The lowest BCUT2D eigenvalue weighted by Gasteiger charge is -2.23. The number of rotatable bonds is 7. The number of carbonyl (C=O) groups is 1. The quantitative estimate of drug-likeness (QED) is 0.784. The third-order valence-corrected chi connectivity index (χ3v) is 2.76. The van der Waals surface area contributed by atoms with Crippen molar-refractivity contribution < 1.29 is 9.21 Å². The molecule has 1 atom stereocenters. The number of furan rings is 1. The first-order valence-corrected chi connectivity index (χ1v) is 6.66. The van der Waals surface area contributed by atoms with Crippen LogP contribution in [0.1, 0.15) is 36.6 Å². The SMILES string of the molecule is CC(C)CC(CN(C)C)NC(=O)c1ccc(CN)o1. The third-order valence-electron chi connectivity index (χ3n) is 2.76. The lowest BCUT2D eigenvalue weighted by Crippen LogP contribution is -2.42. The maximum Gasteiger partial charge on any atom is 0.287 e. The predicted octanol–water partition coefficient (Wildman–Crippen LogP) is 1.44. The summed E-state index contributed by atoms with van der Waals surface area (Å²) in [6.07, 6.45) is 0.939. The predicted molar refractivity (Wildman–Crippen MR) is 75.9 cm³/mol. The van der Waals surface area contributed by atoms with Gasteiger partial charge in [-0.1, -0.05) is 13.8 Å². The van der Waals surface area contributed by atoms with E-state index in [9.17, 15) is 4.79 Å². The highest BCUT2D eigenvalue weighted by molar-refractivity contribution is 5.91. The van der Waals surface area contributed by atoms with E-state index in [-0.39, 0.29) is 11.9 Å². The summed E-state index contributed by atoms with van der Waals surface area (Å²) in [6, 6.07) is 3.52. The highest BCUT2D eigenvalue weighted by atomic mass is 16.4. The van der Waals surface area contributed by atoms with Crippen LogP contribution in [0.4, 0.5) is 0 Å². The number of nitrogens with two attached hydrogens (primary N) is 1. The van der Waals surface area contributed by atoms with Crippen LogP contribution in [0.2, 0.25) is 0 Å². The first-order chi connectivity index (χ1) is 8.92. The van der Waals surface area contributed by atoms with E-state index >= 15 is 0 Å². The van der Waals surface area contributed by atoms with E-state index in [1.54, 1.807) is 12.1 Å². The van der Waals surface area contributed by atoms with E-state index in [0.717, 1.165) is 13.0 Å². The molecule has 0 aliphatic carbocycles. The van der Waals surface area contributed by atoms with Crippen LogP contribution >= 0.6 is 0 Å². The Morgan fingerprint density at radius 2 is 2.11 bits per heavy atom. The second-order valence-corrected chi connectivity index (χ2v) is 5.53. The van der Waals surface area contributed by atoms with E-state index < -0.39 is 0 Å². The van der Waals surface area contributed by atoms with Gasteiger partial charge in [0.1, 0.15) is 5.76 Å². The summed E-state index contributed by atoms with van der Waals surface area (Å²) in [5.41, 5.74) is 5.46. The van der Waals surface area contributed by atoms with Crippen LogP contribution in [-0.4, -0.2) is 37.5 Å². The van der Waals surface area contributed by atoms with Crippen molar-refractivity contribution in [2.45, 2.75) is 32.9 Å². The van der Waals surface area contributed by atoms with Gasteiger partial charge in [-0.2, -0.15) is 0 Å². The Hall–Kier alpha value is -1.33. The fourth-order valence-corrected chi connectivity index (χ4v) is 2.06. The maximum atomic E-state index is 12.1. The number of hydrogen-bond donors (Lipinski definition) is 2. The van der Waals surface area contributed by atoms with E-state index in [1.807, 2.05) is 14.1 Å². The average Bonchev–Trinajstić information content (AvgIpc) is 2.75. The van der Waals surface area contributed by atoms with E-state index in [4.69, 9.17) is 10.2 Å². The minimum atomic E-state index is -0.174. The van der Waals surface area contributed by atoms with Crippen molar-refractivity contribution in [1.29, 1.82) is 0 Å². The second kappa shape index (κ2) is 7.31. The van der Waals surface area contributed by atoms with Crippen molar-refractivity contribution in [3.05, 3.63) is 23.7 Å². The molecule has 0 radical (unpaired) electrons. The van der Waals surface area contributed by atoms with Gasteiger partial charge in [-0.05, 0) is 38.6 Å². The van der Waals surface area contributed by atoms with Gasteiger partial charge in [0.15, 0.2) is 5.76 Å². The molecule has 0 aliphatic heterocycles. The van der Waals surface area contributed by atoms with Gasteiger partial charge >= 0.3 is 0 Å². The second-order valence-electron chi connectivity index (χ2n) is 5.53. The molecule has 0 fully saturated rings. The molecule has 1 amide bonds. The Bertz CT molecular complexity index is 389. The molecule has 19 heavy (non-hydrogen) atoms. The summed E-state index contributed by atoms with van der Waals surface area (Å²) in [4.78, 5) is 14.2. The molecule has 0 bridgehead atoms. The Morgan fingerprint density at radius 3 is 2.58 bits per heavy atom. The van der Waals surface area contributed by atoms with Gasteiger partial charge in [0.05, 0.1) is 6.54 Å². The lowest BCUT2D eigenvalue weighted by atomic mass is 10.0. The number of nitrogens with zero attached hydrogens (tertiary/aromatic N) is 1. The zero-order valence-corrected chi connectivity index (χ0v) is 12.3. The minimum Gasteiger partial charge on any atom is -0.455 e. The molecule has 1 aromatic rings. The smallest absolute Gasteiger partial charge is 0.287 e. The number of hydrogen-bond acceptors (Lipinski definition) is 4. The Balaban J connectivity index is 2.64. The first-order valence-electron chi connectivity index (χ1n) is 6.66. The largest absolute Gasteiger partial charge is 0.455 e. The average molecular weight is 267 g/mol. The van der Waals surface area contributed by atoms with Crippen LogP contribution in [0, 0.1) is 5.92 Å². The molecule has 0 aromatic carbocycles. The van der Waals surface area contributed by atoms with Crippen LogP contribution in [0.3, 0.4) is 0 Å². The van der Waals surface area contributed by atoms with Crippen LogP contribution in [-0.2, 0) is 6.54 Å². The van der Waals surface area contributed by atoms with Crippen LogP contribution in [0.15, 0.2) is 16.5 Å². The van der Waals surface area contributed by atoms with Crippen LogP contribution < -0.4 is 11.1 Å². The molecule has 0 aliphatic rings. The highest BCUT2D eigenvalue weighted by Gasteiger charge is 2.18. The molecule has 1 heterocycles. The normalized spacial score (nSPS) is 13.0. The molecule has 5 heteroatoms. The molecule has 1 aromatic heterocycles. The Labute approximate surface area is 115 Å². The minimum absolute atomic E-state index is 0.119. The van der Waals surface area contributed by atoms with Gasteiger partial charge < -0.3 is 20.4 Å². The van der Waals surface area contributed by atoms with Gasteiger partial charge in [0.25, 0.3) is 5.91 Å². The van der Waals surface area contributed by atoms with Crippen LogP contribution in [0.25, 0.3) is 0 Å². The summed E-state index contributed by atoms with van der Waals surface area (Å²) in [5.74, 6) is 1.31. The number of amides is 1. The summed E-state index contributed by atoms with van der Waals surface area (Å²) in [6.45, 7) is 5.41. The lowest BCUT2D eigenvalue weighted by molar-refractivity contribution is 0.0894. The van der Waals surface area contributed by atoms with Gasteiger partial charge in [0.2, 0.25) is 0 Å². The van der Waals surface area contributed by atoms with Gasteiger partial charge in [-0.25, -0.2) is 0 Å². The molecule has 0 saturated heterocycles. The third kappa shape index (κ3) is 5.44. The number of likely N-dealkylation sites (N-methyl/N-ethyl adjacent to an activating group) is 1. The molecule has 3 N–H and O–H groups in total. The van der Waals surface area contributed by atoms with Crippen molar-refractivity contribution >= 4 is 5.91 Å². The summed E-state index contributed by atoms with van der Waals surface area (Å²) >= 11 is 0. The van der Waals surface area contributed by atoms with Crippen molar-refractivity contribution in [2.75, 3.05) is 20.6 Å². The topological polar surface area (TPSA) is 71.5 Å². The van der Waals surface area contributed by atoms with E-state index in [0.29, 0.717) is 24.0 Å². The zero-order valence-electron chi connectivity index (χ0n) is 12.3. The van der Waals surface area contributed by atoms with Crippen molar-refractivity contribution in [3.63, 3.8) is 0 Å². The van der Waals surface area contributed by atoms with E-state index in [1.165, 1.54) is 0 Å². The summed E-state index contributed by atoms with van der Waals surface area (Å²) in [7, 11) is 4.00. The monoisotopic (exact) mass is 267 g/mol. The van der Waals surface area contributed by atoms with Gasteiger partial charge in [-0.3, -0.25) is 4.79 Å². The van der Waals surface area contributed by atoms with E-state index in [2.05, 4.69) is 24.1 Å². The summed E-state index contributed by atoms with van der Waals surface area (Å²) < 4.78 is 5.35. The zero-order chi connectivity index (χ0) is 14.4. The Kier molecular flexibility index (Phi) is 6.05. The fraction of sp³-hybridized carbons (Fsp3) is 0.643. The molecule has 1 unspecified atom stereocenters. The molecule has 0 saturated carbocycles. The molecule has 108 valence electrons. The Morgan fingerprint density at radius 1 is 1.42 bits per heavy atom.